The molecule has 1 atom stereocenters. The van der Waals surface area contributed by atoms with Gasteiger partial charge in [-0.1, -0.05) is 30.3 Å². The predicted molar refractivity (Wildman–Crippen MR) is 112 cm³/mol. The van der Waals surface area contributed by atoms with Gasteiger partial charge in [0.1, 0.15) is 6.54 Å². The number of amides is 2. The molecule has 0 bridgehead atoms. The lowest BCUT2D eigenvalue weighted by atomic mass is 9.90. The fraction of sp³-hybridized carbons (Fsp3) is 0.391. The normalized spacial score (nSPS) is 18.5. The molecule has 5 heteroatoms. The molecule has 146 valence electrons. The van der Waals surface area contributed by atoms with Gasteiger partial charge in [-0.05, 0) is 54.3 Å². The highest BCUT2D eigenvalue weighted by Crippen LogP contribution is 2.39. The van der Waals surface area contributed by atoms with Crippen molar-refractivity contribution in [3.63, 3.8) is 0 Å². The first-order chi connectivity index (χ1) is 13.6. The zero-order valence-electron chi connectivity index (χ0n) is 16.3. The molecule has 1 aliphatic heterocycles. The zero-order chi connectivity index (χ0) is 19.7. The Morgan fingerprint density at radius 2 is 2.04 bits per heavy atom. The average Bonchev–Trinajstić information content (AvgIpc) is 3.43. The van der Waals surface area contributed by atoms with Crippen molar-refractivity contribution in [3.05, 3.63) is 69.9 Å². The number of carbonyl (C=O) groups excluding carboxylic acids is 2. The zero-order valence-corrected chi connectivity index (χ0v) is 17.1. The molecule has 2 aromatic rings. The maximum absolute atomic E-state index is 13.4. The van der Waals surface area contributed by atoms with Crippen molar-refractivity contribution in [1.82, 2.24) is 9.80 Å². The Morgan fingerprint density at radius 3 is 2.75 bits per heavy atom. The van der Waals surface area contributed by atoms with Crippen LogP contribution in [0.25, 0.3) is 0 Å². The highest BCUT2D eigenvalue weighted by molar-refractivity contribution is 7.10. The molecule has 2 aliphatic rings. The van der Waals surface area contributed by atoms with Gasteiger partial charge < -0.3 is 9.80 Å². The smallest absolute Gasteiger partial charge is 0.243 e. The second-order valence-corrected chi connectivity index (χ2v) is 8.68. The monoisotopic (exact) mass is 394 g/mol. The van der Waals surface area contributed by atoms with Crippen molar-refractivity contribution >= 4 is 23.2 Å². The summed E-state index contributed by atoms with van der Waals surface area (Å²) in [5.41, 5.74) is 3.57. The molecular weight excluding hydrogens is 368 g/mol. The third-order valence-electron chi connectivity index (χ3n) is 5.68. The topological polar surface area (TPSA) is 40.6 Å². The van der Waals surface area contributed by atoms with Gasteiger partial charge in [-0.15, -0.1) is 17.9 Å². The van der Waals surface area contributed by atoms with Crippen LogP contribution in [0.15, 0.2) is 48.4 Å². The fourth-order valence-electron chi connectivity index (χ4n) is 4.04. The number of hydrogen-bond acceptors (Lipinski definition) is 3. The molecule has 4 rings (SSSR count). The minimum Gasteiger partial charge on any atom is -0.330 e. The van der Waals surface area contributed by atoms with Crippen molar-refractivity contribution < 1.29 is 9.59 Å². The van der Waals surface area contributed by atoms with E-state index in [0.29, 0.717) is 13.1 Å². The number of benzene rings is 1. The molecule has 1 aromatic carbocycles. The summed E-state index contributed by atoms with van der Waals surface area (Å²) < 4.78 is 0. The lowest BCUT2D eigenvalue weighted by molar-refractivity contribution is -0.142. The summed E-state index contributed by atoms with van der Waals surface area (Å²) in [7, 11) is 0. The van der Waals surface area contributed by atoms with Gasteiger partial charge in [0.05, 0.1) is 6.04 Å². The molecule has 1 aromatic heterocycles. The van der Waals surface area contributed by atoms with Gasteiger partial charge in [0.15, 0.2) is 0 Å². The summed E-state index contributed by atoms with van der Waals surface area (Å²) >= 11 is 1.77. The Labute approximate surface area is 170 Å². The number of carbonyl (C=O) groups is 2. The Bertz CT molecular complexity index is 900. The minimum absolute atomic E-state index is 0.0148. The second-order valence-electron chi connectivity index (χ2n) is 7.68. The van der Waals surface area contributed by atoms with Crippen molar-refractivity contribution in [1.29, 1.82) is 0 Å². The molecule has 0 spiro atoms. The molecule has 28 heavy (non-hydrogen) atoms. The maximum atomic E-state index is 13.4. The first kappa shape index (κ1) is 18.9. The minimum atomic E-state index is -0.0784. The van der Waals surface area contributed by atoms with Crippen LogP contribution in [0.2, 0.25) is 0 Å². The van der Waals surface area contributed by atoms with E-state index in [2.05, 4.69) is 37.1 Å². The third-order valence-corrected chi connectivity index (χ3v) is 6.68. The van der Waals surface area contributed by atoms with Crippen LogP contribution in [-0.4, -0.2) is 41.2 Å². The van der Waals surface area contributed by atoms with E-state index in [1.54, 1.807) is 22.3 Å². The maximum Gasteiger partial charge on any atom is 0.243 e. The van der Waals surface area contributed by atoms with E-state index in [-0.39, 0.29) is 30.3 Å². The van der Waals surface area contributed by atoms with Gasteiger partial charge >= 0.3 is 0 Å². The Hall–Kier alpha value is -2.40. The Kier molecular flexibility index (Phi) is 5.36. The van der Waals surface area contributed by atoms with Gasteiger partial charge in [0, 0.05) is 23.9 Å². The van der Waals surface area contributed by atoms with Crippen LogP contribution in [0.1, 0.15) is 40.5 Å². The lowest BCUT2D eigenvalue weighted by Gasteiger charge is -2.38. The molecule has 0 N–H and O–H groups in total. The molecule has 4 nitrogen and oxygen atoms in total. The molecule has 0 saturated heterocycles. The molecule has 2 amide bonds. The van der Waals surface area contributed by atoms with Crippen molar-refractivity contribution in [2.24, 2.45) is 5.92 Å². The first-order valence-electron chi connectivity index (χ1n) is 9.91. The van der Waals surface area contributed by atoms with Crippen LogP contribution < -0.4 is 0 Å². The summed E-state index contributed by atoms with van der Waals surface area (Å²) in [6.45, 7) is 7.10. The van der Waals surface area contributed by atoms with Gasteiger partial charge in [0.25, 0.3) is 0 Å². The molecular formula is C23H26N2O2S. The standard InChI is InChI=1S/C23H26N2O2S/c1-3-12-24(23(27)17-8-9-17)15-21(26)25-13-10-20-19(11-14-28-20)22(25)18-7-5-4-6-16(18)2/h3-7,11,14,17,22H,1,8-10,12-13,15H2,2H3/t22-/m0/s1. The van der Waals surface area contributed by atoms with Gasteiger partial charge in [-0.3, -0.25) is 9.59 Å². The summed E-state index contributed by atoms with van der Waals surface area (Å²) in [6, 6.07) is 10.3. The summed E-state index contributed by atoms with van der Waals surface area (Å²) in [6.07, 6.45) is 4.46. The Morgan fingerprint density at radius 1 is 1.25 bits per heavy atom. The molecule has 1 fully saturated rings. The summed E-state index contributed by atoms with van der Waals surface area (Å²) in [5.74, 6) is 0.208. The number of aryl methyl sites for hydroxylation is 1. The largest absolute Gasteiger partial charge is 0.330 e. The second kappa shape index (κ2) is 7.92. The molecule has 2 heterocycles. The third kappa shape index (κ3) is 3.63. The van der Waals surface area contributed by atoms with Gasteiger partial charge in [-0.2, -0.15) is 0 Å². The van der Waals surface area contributed by atoms with E-state index in [1.165, 1.54) is 21.6 Å². The number of thiophene rings is 1. The van der Waals surface area contributed by atoms with Crippen LogP contribution in [-0.2, 0) is 16.0 Å². The van der Waals surface area contributed by atoms with Crippen LogP contribution in [0, 0.1) is 12.8 Å². The van der Waals surface area contributed by atoms with E-state index in [0.717, 1.165) is 19.3 Å². The van der Waals surface area contributed by atoms with E-state index in [1.807, 2.05) is 17.0 Å². The summed E-state index contributed by atoms with van der Waals surface area (Å²) in [5, 5.41) is 2.12. The lowest BCUT2D eigenvalue weighted by Crippen LogP contribution is -2.47. The van der Waals surface area contributed by atoms with Crippen LogP contribution in [0.4, 0.5) is 0 Å². The number of hydrogen-bond donors (Lipinski definition) is 0. The predicted octanol–water partition coefficient (Wildman–Crippen LogP) is 3.96. The quantitative estimate of drug-likeness (QED) is 0.696. The fourth-order valence-corrected chi connectivity index (χ4v) is 4.95. The average molecular weight is 395 g/mol. The Balaban J connectivity index is 1.63. The van der Waals surface area contributed by atoms with Crippen LogP contribution >= 0.6 is 11.3 Å². The van der Waals surface area contributed by atoms with Crippen LogP contribution in [0.5, 0.6) is 0 Å². The first-order valence-corrected chi connectivity index (χ1v) is 10.8. The number of nitrogens with zero attached hydrogens (tertiary/aromatic N) is 2. The molecule has 0 radical (unpaired) electrons. The van der Waals surface area contributed by atoms with E-state index in [9.17, 15) is 9.59 Å². The molecule has 0 unspecified atom stereocenters. The van der Waals surface area contributed by atoms with Crippen molar-refractivity contribution in [3.8, 4) is 0 Å². The number of fused-ring (bicyclic) bond motifs is 1. The highest BCUT2D eigenvalue weighted by atomic mass is 32.1. The highest BCUT2D eigenvalue weighted by Gasteiger charge is 2.37. The van der Waals surface area contributed by atoms with E-state index >= 15 is 0 Å². The number of rotatable bonds is 6. The molecule has 1 saturated carbocycles. The van der Waals surface area contributed by atoms with Gasteiger partial charge in [-0.25, -0.2) is 0 Å². The van der Waals surface area contributed by atoms with Crippen molar-refractivity contribution in [2.45, 2.75) is 32.2 Å². The SMILES string of the molecule is C=CCN(CC(=O)N1CCc2sccc2[C@@H]1c1ccccc1C)C(=O)C1CC1. The van der Waals surface area contributed by atoms with Gasteiger partial charge in [0.2, 0.25) is 11.8 Å². The molecule has 1 aliphatic carbocycles. The van der Waals surface area contributed by atoms with Crippen LogP contribution in [0.3, 0.4) is 0 Å². The van der Waals surface area contributed by atoms with E-state index < -0.39 is 0 Å². The summed E-state index contributed by atoms with van der Waals surface area (Å²) in [4.78, 5) is 30.9. The van der Waals surface area contributed by atoms with Crippen molar-refractivity contribution in [2.75, 3.05) is 19.6 Å². The van der Waals surface area contributed by atoms with E-state index in [4.69, 9.17) is 0 Å².